The van der Waals surface area contributed by atoms with Crippen LogP contribution in [-0.2, 0) is 0 Å². The summed E-state index contributed by atoms with van der Waals surface area (Å²) >= 11 is 9.86. The topological polar surface area (TPSA) is 29.9 Å². The van der Waals surface area contributed by atoms with E-state index in [-0.39, 0.29) is 0 Å². The van der Waals surface area contributed by atoms with Gasteiger partial charge in [-0.2, -0.15) is 5.10 Å². The molecule has 0 saturated heterocycles. The maximum absolute atomic E-state index is 6.21. The second-order valence-electron chi connectivity index (χ2n) is 4.88. The molecule has 5 heteroatoms. The fourth-order valence-corrected chi connectivity index (χ4v) is 3.12. The number of hydrogen-bond donors (Lipinski definition) is 1. The van der Waals surface area contributed by atoms with Crippen LogP contribution in [0.4, 0.5) is 0 Å². The molecular formula is C15H19BrClN3. The first-order valence-corrected chi connectivity index (χ1v) is 7.87. The third-order valence-electron chi connectivity index (χ3n) is 3.41. The average molecular weight is 357 g/mol. The van der Waals surface area contributed by atoms with Gasteiger partial charge in [-0.3, -0.25) is 0 Å². The largest absolute Gasteiger partial charge is 0.310 e. The molecule has 1 atom stereocenters. The van der Waals surface area contributed by atoms with Gasteiger partial charge >= 0.3 is 0 Å². The molecule has 108 valence electrons. The predicted molar refractivity (Wildman–Crippen MR) is 87.8 cm³/mol. The zero-order valence-corrected chi connectivity index (χ0v) is 14.5. The first-order chi connectivity index (χ1) is 9.45. The summed E-state index contributed by atoms with van der Waals surface area (Å²) in [7, 11) is 0. The van der Waals surface area contributed by atoms with Crippen molar-refractivity contribution in [1.82, 2.24) is 15.1 Å². The Morgan fingerprint density at radius 3 is 2.60 bits per heavy atom. The lowest BCUT2D eigenvalue weighted by Crippen LogP contribution is -2.18. The molecule has 0 amide bonds. The minimum absolute atomic E-state index is 0.312. The lowest BCUT2D eigenvalue weighted by atomic mass is 10.1. The van der Waals surface area contributed by atoms with Crippen LogP contribution < -0.4 is 5.32 Å². The van der Waals surface area contributed by atoms with Gasteiger partial charge in [-0.25, -0.2) is 4.68 Å². The summed E-state index contributed by atoms with van der Waals surface area (Å²) < 4.78 is 2.96. The normalized spacial score (nSPS) is 12.7. The van der Waals surface area contributed by atoms with E-state index in [1.54, 1.807) is 0 Å². The highest BCUT2D eigenvalue weighted by Gasteiger charge is 2.13. The fraction of sp³-hybridized carbons (Fsp3) is 0.400. The molecule has 1 aromatic heterocycles. The predicted octanol–water partition coefficient (Wildman–Crippen LogP) is 4.58. The highest BCUT2D eigenvalue weighted by atomic mass is 79.9. The van der Waals surface area contributed by atoms with E-state index < -0.39 is 0 Å². The van der Waals surface area contributed by atoms with Crippen molar-refractivity contribution in [2.75, 3.05) is 6.54 Å². The lowest BCUT2D eigenvalue weighted by Gasteiger charge is -2.16. The Labute approximate surface area is 133 Å². The van der Waals surface area contributed by atoms with Gasteiger partial charge in [0.25, 0.3) is 0 Å². The number of hydrogen-bond acceptors (Lipinski definition) is 2. The Bertz CT molecular complexity index is 622. The maximum Gasteiger partial charge on any atom is 0.0848 e. The monoisotopic (exact) mass is 355 g/mol. The van der Waals surface area contributed by atoms with Gasteiger partial charge in [-0.05, 0) is 45.0 Å². The van der Waals surface area contributed by atoms with Gasteiger partial charge in [-0.15, -0.1) is 0 Å². The first-order valence-electron chi connectivity index (χ1n) is 6.70. The van der Waals surface area contributed by atoms with Gasteiger partial charge in [0.2, 0.25) is 0 Å². The number of aryl methyl sites for hydroxylation is 1. The third kappa shape index (κ3) is 2.92. The summed E-state index contributed by atoms with van der Waals surface area (Å²) in [5, 5.41) is 8.62. The van der Waals surface area contributed by atoms with E-state index in [1.165, 1.54) is 5.56 Å². The molecule has 20 heavy (non-hydrogen) atoms. The number of aromatic nitrogens is 2. The van der Waals surface area contributed by atoms with Crippen LogP contribution in [-0.4, -0.2) is 16.3 Å². The molecule has 0 bridgehead atoms. The Balaban J connectivity index is 2.40. The van der Waals surface area contributed by atoms with Crippen LogP contribution in [0.15, 0.2) is 22.7 Å². The van der Waals surface area contributed by atoms with Crippen molar-refractivity contribution in [3.8, 4) is 5.69 Å². The highest BCUT2D eigenvalue weighted by molar-refractivity contribution is 9.10. The smallest absolute Gasteiger partial charge is 0.0848 e. The van der Waals surface area contributed by atoms with Crippen molar-refractivity contribution in [2.45, 2.75) is 33.7 Å². The maximum atomic E-state index is 6.21. The molecule has 0 aliphatic carbocycles. The highest BCUT2D eigenvalue weighted by Crippen LogP contribution is 2.28. The van der Waals surface area contributed by atoms with Gasteiger partial charge < -0.3 is 5.32 Å². The van der Waals surface area contributed by atoms with E-state index in [4.69, 9.17) is 11.6 Å². The summed E-state index contributed by atoms with van der Waals surface area (Å²) in [6.45, 7) is 9.11. The number of nitrogens with one attached hydrogen (secondary N) is 1. The van der Waals surface area contributed by atoms with Crippen molar-refractivity contribution in [3.05, 3.63) is 44.6 Å². The average Bonchev–Trinajstić information content (AvgIpc) is 2.66. The van der Waals surface area contributed by atoms with E-state index in [0.29, 0.717) is 6.04 Å². The van der Waals surface area contributed by atoms with Crippen LogP contribution in [0.25, 0.3) is 5.69 Å². The molecule has 1 unspecified atom stereocenters. The summed E-state index contributed by atoms with van der Waals surface area (Å²) in [5.74, 6) is 0. The van der Waals surface area contributed by atoms with Crippen LogP contribution in [0.2, 0.25) is 5.02 Å². The van der Waals surface area contributed by atoms with E-state index in [9.17, 15) is 0 Å². The zero-order chi connectivity index (χ0) is 14.9. The standard InChI is InChI=1S/C15H19BrClN3/c1-5-18-9(2)13-7-6-12(8-14(13)16)20-11(4)15(17)10(3)19-20/h6-9,18H,5H2,1-4H3. The molecule has 0 fully saturated rings. The minimum atomic E-state index is 0.312. The molecule has 0 spiro atoms. The summed E-state index contributed by atoms with van der Waals surface area (Å²) in [6.07, 6.45) is 0. The van der Waals surface area contributed by atoms with E-state index >= 15 is 0 Å². The molecule has 1 N–H and O–H groups in total. The molecule has 0 saturated carbocycles. The molecule has 1 heterocycles. The van der Waals surface area contributed by atoms with Crippen molar-refractivity contribution in [1.29, 1.82) is 0 Å². The molecule has 3 nitrogen and oxygen atoms in total. The van der Waals surface area contributed by atoms with Crippen LogP contribution in [0, 0.1) is 13.8 Å². The molecule has 1 aromatic carbocycles. The van der Waals surface area contributed by atoms with Gasteiger partial charge in [0.15, 0.2) is 0 Å². The molecule has 2 aromatic rings. The Hall–Kier alpha value is -0.840. The van der Waals surface area contributed by atoms with Crippen molar-refractivity contribution in [3.63, 3.8) is 0 Å². The van der Waals surface area contributed by atoms with Gasteiger partial charge in [0, 0.05) is 10.5 Å². The van der Waals surface area contributed by atoms with E-state index in [0.717, 1.165) is 33.1 Å². The summed E-state index contributed by atoms with van der Waals surface area (Å²) in [5.41, 5.74) is 4.06. The lowest BCUT2D eigenvalue weighted by molar-refractivity contribution is 0.596. The van der Waals surface area contributed by atoms with Crippen molar-refractivity contribution < 1.29 is 0 Å². The Morgan fingerprint density at radius 2 is 2.10 bits per heavy atom. The number of nitrogens with zero attached hydrogens (tertiary/aromatic N) is 2. The van der Waals surface area contributed by atoms with Crippen LogP contribution in [0.5, 0.6) is 0 Å². The molecular weight excluding hydrogens is 338 g/mol. The van der Waals surface area contributed by atoms with Gasteiger partial charge in [0.1, 0.15) is 0 Å². The molecule has 2 rings (SSSR count). The summed E-state index contributed by atoms with van der Waals surface area (Å²) in [4.78, 5) is 0. The van der Waals surface area contributed by atoms with Gasteiger partial charge in [-0.1, -0.05) is 40.5 Å². The fourth-order valence-electron chi connectivity index (χ4n) is 2.29. The third-order valence-corrected chi connectivity index (χ3v) is 4.64. The first kappa shape index (κ1) is 15.5. The van der Waals surface area contributed by atoms with Crippen LogP contribution in [0.3, 0.4) is 0 Å². The van der Waals surface area contributed by atoms with Crippen LogP contribution in [0.1, 0.15) is 36.8 Å². The van der Waals surface area contributed by atoms with Crippen molar-refractivity contribution >= 4 is 27.5 Å². The molecule has 0 radical (unpaired) electrons. The zero-order valence-electron chi connectivity index (χ0n) is 12.2. The number of halogens is 2. The van der Waals surface area contributed by atoms with Crippen molar-refractivity contribution in [2.24, 2.45) is 0 Å². The second-order valence-corrected chi connectivity index (χ2v) is 6.11. The quantitative estimate of drug-likeness (QED) is 0.869. The SMILES string of the molecule is CCNC(C)c1ccc(-n2nc(C)c(Cl)c2C)cc1Br. The van der Waals surface area contributed by atoms with E-state index in [1.807, 2.05) is 18.5 Å². The van der Waals surface area contributed by atoms with Crippen LogP contribution >= 0.6 is 27.5 Å². The van der Waals surface area contributed by atoms with Gasteiger partial charge in [0.05, 0.1) is 22.1 Å². The molecule has 0 aliphatic rings. The number of benzene rings is 1. The minimum Gasteiger partial charge on any atom is -0.310 e. The Kier molecular flexibility index (Phi) is 4.89. The summed E-state index contributed by atoms with van der Waals surface area (Å²) in [6, 6.07) is 6.59. The Morgan fingerprint density at radius 1 is 1.40 bits per heavy atom. The number of rotatable bonds is 4. The van der Waals surface area contributed by atoms with E-state index in [2.05, 4.69) is 58.4 Å². The molecule has 0 aliphatic heterocycles. The second kappa shape index (κ2) is 6.29.